The van der Waals surface area contributed by atoms with E-state index in [1.165, 1.54) is 138 Å². The number of rotatable bonds is 8. The second-order valence-electron chi connectivity index (χ2n) is 26.7. The molecule has 12 aromatic carbocycles. The molecule has 96 heavy (non-hydrogen) atoms. The van der Waals surface area contributed by atoms with Crippen LogP contribution in [0.3, 0.4) is 0 Å². The van der Waals surface area contributed by atoms with Crippen molar-refractivity contribution in [2.45, 2.75) is 36.3 Å². The Balaban J connectivity index is 0.666. The minimum absolute atomic E-state index is 0.136. The Morgan fingerprint density at radius 2 is 0.688 bits per heavy atom. The third-order valence-corrected chi connectivity index (χ3v) is 21.7. The van der Waals surface area contributed by atoms with Crippen LogP contribution in [-0.2, 0) is 0 Å². The summed E-state index contributed by atoms with van der Waals surface area (Å²) in [7, 11) is 0. The number of allylic oxidation sites excluding steroid dienone is 7. The van der Waals surface area contributed by atoms with Crippen LogP contribution in [0.5, 0.6) is 0 Å². The Bertz CT molecular complexity index is 5890. The average molecular weight is 1230 g/mol. The van der Waals surface area contributed by atoms with Crippen molar-refractivity contribution in [3.05, 3.63) is 356 Å². The number of anilines is 3. The molecule has 6 heteroatoms. The summed E-state index contributed by atoms with van der Waals surface area (Å²) in [5.74, 6) is 0.601. The van der Waals surface area contributed by atoms with E-state index in [0.717, 1.165) is 29.2 Å². The van der Waals surface area contributed by atoms with Crippen molar-refractivity contribution in [3.63, 3.8) is 0 Å². The fourth-order valence-corrected chi connectivity index (χ4v) is 17.5. The number of hydrogen-bond donors (Lipinski definition) is 0. The Kier molecular flexibility index (Phi) is 11.5. The number of benzene rings is 12. The molecule has 16 aromatic rings. The number of nitrogens with zero attached hydrogens (tertiary/aromatic N) is 6. The maximum absolute atomic E-state index is 2.63. The van der Waals surface area contributed by atoms with Gasteiger partial charge in [-0.05, 0) is 150 Å². The van der Waals surface area contributed by atoms with Crippen molar-refractivity contribution >= 4 is 104 Å². The standard InChI is InChI=1S/C90H62N6/c1-11-31-79-67(21-1)68-22-2-12-32-80(68)93(79)63-49-59(50-64(53-63)94-81-33-13-3-23-69(81)70-24-4-14-34-82(70)94)57-41-45-61(46-42-57)91-87-39-19-9-29-75(87)77-56-90-78(55-89(77)91)76-30-10-20-40-88(76)92(90)62-47-43-58(44-48-62)60-51-65(95-83-35-15-5-25-71(83)72-26-6-16-36-84(72)95)54-66(52-60)96-85-37-17-7-27-73(85)74-28-8-18-38-86(74)96/h1-43,45-56,58,67,76,79,88H,44H2. The molecule has 0 fully saturated rings. The van der Waals surface area contributed by atoms with Gasteiger partial charge in [0.25, 0.3) is 0 Å². The van der Waals surface area contributed by atoms with Crippen LogP contribution < -0.4 is 9.80 Å². The number of aromatic nitrogens is 4. The summed E-state index contributed by atoms with van der Waals surface area (Å²) in [4.78, 5) is 5.21. The van der Waals surface area contributed by atoms with Crippen molar-refractivity contribution in [2.24, 2.45) is 0 Å². The van der Waals surface area contributed by atoms with E-state index in [-0.39, 0.29) is 29.8 Å². The van der Waals surface area contributed by atoms with Crippen molar-refractivity contribution < 1.29 is 0 Å². The highest BCUT2D eigenvalue weighted by Crippen LogP contribution is 2.52. The zero-order chi connectivity index (χ0) is 62.7. The Morgan fingerprint density at radius 3 is 1.20 bits per heavy atom. The molecule has 0 radical (unpaired) electrons. The van der Waals surface area contributed by atoms with Gasteiger partial charge in [0.1, 0.15) is 0 Å². The lowest BCUT2D eigenvalue weighted by molar-refractivity contribution is 0.720. The minimum atomic E-state index is 0.136. The van der Waals surface area contributed by atoms with E-state index in [0.29, 0.717) is 0 Å². The molecule has 6 heterocycles. The molecule has 21 rings (SSSR count). The molecule has 2 aliphatic heterocycles. The van der Waals surface area contributed by atoms with Gasteiger partial charge in [0.05, 0.1) is 56.2 Å². The van der Waals surface area contributed by atoms with Crippen molar-refractivity contribution in [2.75, 3.05) is 9.80 Å². The predicted octanol–water partition coefficient (Wildman–Crippen LogP) is 22.5. The first-order valence-corrected chi connectivity index (χ1v) is 33.8. The molecule has 0 N–H and O–H groups in total. The van der Waals surface area contributed by atoms with Gasteiger partial charge in [-0.15, -0.1) is 0 Å². The van der Waals surface area contributed by atoms with Gasteiger partial charge in [-0.3, -0.25) is 0 Å². The summed E-state index contributed by atoms with van der Waals surface area (Å²) in [6.07, 6.45) is 26.8. The molecular formula is C90H62N6. The van der Waals surface area contributed by atoms with Crippen LogP contribution in [0.25, 0.3) is 121 Å². The molecule has 0 saturated heterocycles. The maximum Gasteiger partial charge on any atom is 0.0629 e. The van der Waals surface area contributed by atoms with E-state index in [4.69, 9.17) is 0 Å². The first kappa shape index (κ1) is 53.4. The first-order valence-electron chi connectivity index (χ1n) is 33.8. The molecule has 3 aliphatic carbocycles. The highest BCUT2D eigenvalue weighted by Gasteiger charge is 2.40. The van der Waals surface area contributed by atoms with Crippen LogP contribution in [0.15, 0.2) is 339 Å². The lowest BCUT2D eigenvalue weighted by atomic mass is 9.89. The van der Waals surface area contributed by atoms with E-state index in [9.17, 15) is 0 Å². The van der Waals surface area contributed by atoms with E-state index in [1.807, 2.05) is 0 Å². The van der Waals surface area contributed by atoms with Crippen LogP contribution in [0.2, 0.25) is 0 Å². The molecule has 0 saturated carbocycles. The van der Waals surface area contributed by atoms with E-state index in [2.05, 4.69) is 362 Å². The van der Waals surface area contributed by atoms with Crippen LogP contribution in [-0.4, -0.2) is 30.4 Å². The maximum atomic E-state index is 2.63. The van der Waals surface area contributed by atoms with Gasteiger partial charge in [0, 0.05) is 106 Å². The van der Waals surface area contributed by atoms with Gasteiger partial charge < -0.3 is 28.1 Å². The van der Waals surface area contributed by atoms with Gasteiger partial charge in [0.15, 0.2) is 0 Å². The van der Waals surface area contributed by atoms with E-state index in [1.54, 1.807) is 0 Å². The van der Waals surface area contributed by atoms with Gasteiger partial charge in [0.2, 0.25) is 0 Å². The van der Waals surface area contributed by atoms with Crippen molar-refractivity contribution in [1.29, 1.82) is 0 Å². The predicted molar refractivity (Wildman–Crippen MR) is 401 cm³/mol. The highest BCUT2D eigenvalue weighted by atomic mass is 15.2. The Labute approximate surface area is 555 Å². The number of fused-ring (bicyclic) bond motifs is 18. The van der Waals surface area contributed by atoms with Gasteiger partial charge in [-0.25, -0.2) is 0 Å². The smallest absolute Gasteiger partial charge is 0.0629 e. The SMILES string of the molecule is C1=CC2c3cc4c(cc3N(C3=CCC(c5cc(-n6c7ccccc7c7ccccc76)cc(-n6c7ccccc7c7ccccc76)c5)C=C3)C2C=C1)c1ccccc1n4-c1ccc(-c2cc(N3c4ccccc4C4C=CC=CC43)cc(-n3c4ccccc4c4ccccc43)c2)cc1. The summed E-state index contributed by atoms with van der Waals surface area (Å²) in [5, 5.41) is 10.0. The molecular weight excluding hydrogens is 1170 g/mol. The highest BCUT2D eigenvalue weighted by molar-refractivity contribution is 6.13. The topological polar surface area (TPSA) is 26.2 Å². The third-order valence-electron chi connectivity index (χ3n) is 21.7. The van der Waals surface area contributed by atoms with Crippen molar-refractivity contribution in [1.82, 2.24) is 18.3 Å². The number of hydrogen-bond acceptors (Lipinski definition) is 2. The molecule has 5 unspecified atom stereocenters. The number of para-hydroxylation sites is 8. The molecule has 0 spiro atoms. The van der Waals surface area contributed by atoms with Crippen molar-refractivity contribution in [3.8, 4) is 33.9 Å². The summed E-state index contributed by atoms with van der Waals surface area (Å²) < 4.78 is 9.93. The van der Waals surface area contributed by atoms with Crippen LogP contribution in [0.4, 0.5) is 17.1 Å². The second-order valence-corrected chi connectivity index (χ2v) is 26.7. The van der Waals surface area contributed by atoms with E-state index < -0.39 is 0 Å². The molecule has 6 nitrogen and oxygen atoms in total. The van der Waals surface area contributed by atoms with E-state index >= 15 is 0 Å². The fraction of sp³-hybridized carbons (Fsp3) is 0.0667. The van der Waals surface area contributed by atoms with Crippen LogP contribution in [0.1, 0.15) is 40.9 Å². The normalized spacial score (nSPS) is 18.5. The summed E-state index contributed by atoms with van der Waals surface area (Å²) in [6, 6.07) is 100. The molecule has 5 atom stereocenters. The second kappa shape index (κ2) is 20.7. The third kappa shape index (κ3) is 7.81. The summed E-state index contributed by atoms with van der Waals surface area (Å²) >= 11 is 0. The summed E-state index contributed by atoms with van der Waals surface area (Å²) in [6.45, 7) is 0. The molecule has 452 valence electrons. The zero-order valence-electron chi connectivity index (χ0n) is 52.5. The van der Waals surface area contributed by atoms with Gasteiger partial charge in [-0.2, -0.15) is 0 Å². The molecule has 0 bridgehead atoms. The Morgan fingerprint density at radius 1 is 0.271 bits per heavy atom. The largest absolute Gasteiger partial charge is 0.334 e. The lowest BCUT2D eigenvalue weighted by Crippen LogP contribution is -2.32. The zero-order valence-corrected chi connectivity index (χ0v) is 52.5. The molecule has 0 amide bonds. The average Bonchev–Trinajstić information content (AvgIpc) is 1.56. The molecule has 5 aliphatic rings. The van der Waals surface area contributed by atoms with Gasteiger partial charge >= 0.3 is 0 Å². The monoisotopic (exact) mass is 1230 g/mol. The van der Waals surface area contributed by atoms with Crippen LogP contribution in [0, 0.1) is 0 Å². The quantitative estimate of drug-likeness (QED) is 0.152. The minimum Gasteiger partial charge on any atom is -0.334 e. The first-order chi connectivity index (χ1) is 47.6. The van der Waals surface area contributed by atoms with Gasteiger partial charge in [-0.1, -0.05) is 218 Å². The molecule has 4 aromatic heterocycles. The Hall–Kier alpha value is -12.1. The fourth-order valence-electron chi connectivity index (χ4n) is 17.5. The summed E-state index contributed by atoms with van der Waals surface area (Å²) in [5.41, 5.74) is 25.5. The lowest BCUT2D eigenvalue weighted by Gasteiger charge is -2.31. The van der Waals surface area contributed by atoms with Crippen LogP contribution >= 0.6 is 0 Å².